The van der Waals surface area contributed by atoms with Gasteiger partial charge in [0.1, 0.15) is 4.87 Å². The first kappa shape index (κ1) is 14.7. The van der Waals surface area contributed by atoms with Crippen molar-refractivity contribution in [1.29, 1.82) is 0 Å². The Hall–Kier alpha value is -1.27. The fraction of sp³-hybridized carbons (Fsp3) is 0.400. The molecule has 1 heteroatoms. The summed E-state index contributed by atoms with van der Waals surface area (Å²) in [5.41, 5.74) is 5.72. The van der Waals surface area contributed by atoms with Gasteiger partial charge in [-0.3, -0.25) is 0 Å². The molecular weight excluding hydrogens is 276 g/mol. The van der Waals surface area contributed by atoms with Gasteiger partial charge in [0.05, 0.1) is 0 Å². The highest BCUT2D eigenvalue weighted by Crippen LogP contribution is 2.65. The van der Waals surface area contributed by atoms with Crippen LogP contribution in [0, 0.1) is 5.41 Å². The van der Waals surface area contributed by atoms with Crippen LogP contribution in [0.5, 0.6) is 0 Å². The third kappa shape index (κ3) is 1.75. The van der Waals surface area contributed by atoms with Gasteiger partial charge in [-0.15, -0.1) is 11.6 Å². The number of halogens is 1. The van der Waals surface area contributed by atoms with E-state index in [2.05, 4.69) is 55.5 Å². The molecular formula is C20H23Cl. The minimum absolute atomic E-state index is 0.169. The van der Waals surface area contributed by atoms with Crippen LogP contribution in [0.15, 0.2) is 48.5 Å². The summed E-state index contributed by atoms with van der Waals surface area (Å²) in [6, 6.07) is 17.5. The predicted octanol–water partition coefficient (Wildman–Crippen LogP) is 5.70. The maximum atomic E-state index is 7.29. The average Bonchev–Trinajstić information content (AvgIpc) is 2.94. The molecule has 0 heterocycles. The molecule has 0 atom stereocenters. The summed E-state index contributed by atoms with van der Waals surface area (Å²) in [7, 11) is 0. The quantitative estimate of drug-likeness (QED) is 0.592. The Morgan fingerprint density at radius 3 is 1.71 bits per heavy atom. The first-order valence-electron chi connectivity index (χ1n) is 8.07. The van der Waals surface area contributed by atoms with Crippen molar-refractivity contribution in [2.24, 2.45) is 5.41 Å². The minimum atomic E-state index is -0.311. The summed E-state index contributed by atoms with van der Waals surface area (Å²) in [6.07, 6.45) is 3.34. The van der Waals surface area contributed by atoms with E-state index >= 15 is 0 Å². The summed E-state index contributed by atoms with van der Waals surface area (Å²) in [6.45, 7) is 6.29. The van der Waals surface area contributed by atoms with Gasteiger partial charge in [0.25, 0.3) is 0 Å². The van der Waals surface area contributed by atoms with E-state index in [0.717, 1.165) is 19.3 Å². The zero-order valence-electron chi connectivity index (χ0n) is 13.1. The highest BCUT2D eigenvalue weighted by Gasteiger charge is 2.60. The van der Waals surface area contributed by atoms with E-state index in [-0.39, 0.29) is 10.3 Å². The van der Waals surface area contributed by atoms with Crippen molar-refractivity contribution in [3.05, 3.63) is 70.8 Å². The number of hydrogen-bond donors (Lipinski definition) is 0. The van der Waals surface area contributed by atoms with Crippen molar-refractivity contribution < 1.29 is 0 Å². The van der Waals surface area contributed by atoms with Crippen molar-refractivity contribution in [2.75, 3.05) is 0 Å². The molecule has 21 heavy (non-hydrogen) atoms. The Kier molecular flexibility index (Phi) is 3.61. The molecule has 2 aromatic carbocycles. The van der Waals surface area contributed by atoms with Gasteiger partial charge in [-0.2, -0.15) is 0 Å². The second-order valence-corrected chi connectivity index (χ2v) is 6.53. The molecule has 4 rings (SSSR count). The van der Waals surface area contributed by atoms with Crippen molar-refractivity contribution >= 4 is 11.6 Å². The van der Waals surface area contributed by atoms with E-state index in [1.165, 1.54) is 22.3 Å². The van der Waals surface area contributed by atoms with Gasteiger partial charge in [-0.1, -0.05) is 69.3 Å². The van der Waals surface area contributed by atoms with Crippen LogP contribution in [0.1, 0.15) is 49.4 Å². The number of benzene rings is 2. The van der Waals surface area contributed by atoms with Crippen LogP contribution in [0.2, 0.25) is 0 Å². The summed E-state index contributed by atoms with van der Waals surface area (Å²) < 4.78 is 0. The topological polar surface area (TPSA) is 0 Å². The smallest absolute Gasteiger partial charge is 0.101 e. The van der Waals surface area contributed by atoms with Gasteiger partial charge in [0.2, 0.25) is 0 Å². The van der Waals surface area contributed by atoms with Crippen LogP contribution in [0.4, 0.5) is 0 Å². The second-order valence-electron chi connectivity index (χ2n) is 5.96. The average molecular weight is 299 g/mol. The normalized spacial score (nSPS) is 28.2. The van der Waals surface area contributed by atoms with Gasteiger partial charge in [0.15, 0.2) is 0 Å². The first-order valence-corrected chi connectivity index (χ1v) is 8.45. The Balaban J connectivity index is 0.000000636. The Morgan fingerprint density at radius 1 is 0.857 bits per heavy atom. The van der Waals surface area contributed by atoms with E-state index in [9.17, 15) is 0 Å². The summed E-state index contributed by atoms with van der Waals surface area (Å²) >= 11 is 7.29. The number of rotatable bonds is 1. The van der Waals surface area contributed by atoms with Crippen LogP contribution in [0.25, 0.3) is 0 Å². The fourth-order valence-electron chi connectivity index (χ4n) is 4.27. The van der Waals surface area contributed by atoms with Crippen LogP contribution in [0.3, 0.4) is 0 Å². The molecule has 110 valence electrons. The Bertz CT molecular complexity index is 607. The van der Waals surface area contributed by atoms with Gasteiger partial charge >= 0.3 is 0 Å². The van der Waals surface area contributed by atoms with Gasteiger partial charge < -0.3 is 0 Å². The van der Waals surface area contributed by atoms with Gasteiger partial charge in [0, 0.05) is 5.41 Å². The third-order valence-corrected chi connectivity index (χ3v) is 6.05. The molecule has 0 radical (unpaired) electrons. The fourth-order valence-corrected chi connectivity index (χ4v) is 4.90. The van der Waals surface area contributed by atoms with Crippen LogP contribution >= 0.6 is 11.6 Å². The summed E-state index contributed by atoms with van der Waals surface area (Å²) in [4.78, 5) is -0.311. The van der Waals surface area contributed by atoms with Crippen molar-refractivity contribution in [3.8, 4) is 0 Å². The summed E-state index contributed by atoms with van der Waals surface area (Å²) in [5.74, 6) is 0. The molecule has 0 fully saturated rings. The van der Waals surface area contributed by atoms with Crippen molar-refractivity contribution in [1.82, 2.24) is 0 Å². The Morgan fingerprint density at radius 2 is 1.29 bits per heavy atom. The lowest BCUT2D eigenvalue weighted by Gasteiger charge is -2.36. The van der Waals surface area contributed by atoms with E-state index < -0.39 is 0 Å². The van der Waals surface area contributed by atoms with Crippen molar-refractivity contribution in [3.63, 3.8) is 0 Å². The van der Waals surface area contributed by atoms with Crippen LogP contribution < -0.4 is 0 Å². The van der Waals surface area contributed by atoms with E-state index in [0.29, 0.717) is 0 Å². The molecule has 2 aromatic rings. The monoisotopic (exact) mass is 298 g/mol. The highest BCUT2D eigenvalue weighted by molar-refractivity contribution is 6.27. The van der Waals surface area contributed by atoms with E-state index in [1.807, 2.05) is 13.8 Å². The van der Waals surface area contributed by atoms with Gasteiger partial charge in [-0.25, -0.2) is 0 Å². The molecule has 2 aliphatic rings. The van der Waals surface area contributed by atoms with Crippen LogP contribution in [-0.4, -0.2) is 0 Å². The van der Waals surface area contributed by atoms with Crippen molar-refractivity contribution in [2.45, 2.75) is 44.9 Å². The van der Waals surface area contributed by atoms with E-state index in [1.54, 1.807) is 0 Å². The molecule has 0 unspecified atom stereocenters. The van der Waals surface area contributed by atoms with Gasteiger partial charge in [-0.05, 0) is 41.5 Å². The van der Waals surface area contributed by atoms with Crippen LogP contribution in [-0.2, 0) is 17.7 Å². The largest absolute Gasteiger partial charge is 0.108 e. The maximum Gasteiger partial charge on any atom is 0.101 e. The highest BCUT2D eigenvalue weighted by atomic mass is 35.5. The molecule has 2 aliphatic carbocycles. The molecule has 0 N–H and O–H groups in total. The maximum absolute atomic E-state index is 7.29. The third-order valence-electron chi connectivity index (χ3n) is 5.24. The lowest BCUT2D eigenvalue weighted by Crippen LogP contribution is -2.35. The minimum Gasteiger partial charge on any atom is -0.108 e. The molecule has 0 saturated heterocycles. The molecule has 0 spiro atoms. The zero-order chi connectivity index (χ0) is 15.1. The second kappa shape index (κ2) is 5.18. The molecule has 0 aromatic heterocycles. The lowest BCUT2D eigenvalue weighted by atomic mass is 9.74. The first-order chi connectivity index (χ1) is 10.2. The molecule has 0 aliphatic heterocycles. The number of hydrogen-bond acceptors (Lipinski definition) is 0. The SMILES string of the molecule is CC.CCC12Cc3ccccc3C1(Cl)c1ccccc1C2. The predicted molar refractivity (Wildman–Crippen MR) is 91.0 cm³/mol. The number of alkyl halides is 1. The van der Waals surface area contributed by atoms with E-state index in [4.69, 9.17) is 11.6 Å². The zero-order valence-corrected chi connectivity index (χ0v) is 13.9. The molecule has 0 nitrogen and oxygen atoms in total. The number of fused-ring (bicyclic) bond motifs is 5. The molecule has 0 amide bonds. The lowest BCUT2D eigenvalue weighted by molar-refractivity contribution is 0.252. The summed E-state index contributed by atoms with van der Waals surface area (Å²) in [5, 5.41) is 0. The standard InChI is InChI=1S/C18H17Cl.C2H6/c1-2-17-11-13-7-3-5-9-15(13)18(17,19)16-10-6-4-8-14(16)12-17;1-2/h3-10H,2,11-12H2,1H3;1-2H3. The molecule has 0 saturated carbocycles. The Labute approximate surface area is 133 Å². The molecule has 0 bridgehead atoms.